The van der Waals surface area contributed by atoms with Gasteiger partial charge in [-0.25, -0.2) is 4.98 Å². The Bertz CT molecular complexity index is 1430. The number of rotatable bonds is 4. The van der Waals surface area contributed by atoms with Crippen LogP contribution in [0.1, 0.15) is 10.5 Å². The number of fused-ring (bicyclic) bond motifs is 2. The summed E-state index contributed by atoms with van der Waals surface area (Å²) in [5.74, 6) is -0.122. The van der Waals surface area contributed by atoms with Gasteiger partial charge in [-0.1, -0.05) is 24.3 Å². The lowest BCUT2D eigenvalue weighted by Gasteiger charge is -2.11. The molecule has 5 rings (SSSR count). The number of nitrogens with one attached hydrogen (secondary N) is 1. The van der Waals surface area contributed by atoms with Crippen molar-refractivity contribution >= 4 is 39.2 Å². The van der Waals surface area contributed by atoms with Crippen molar-refractivity contribution in [3.8, 4) is 11.5 Å². The molecular weight excluding hydrogens is 396 g/mol. The molecule has 0 spiro atoms. The molecule has 0 saturated heterocycles. The number of nitro groups is 1. The van der Waals surface area contributed by atoms with Gasteiger partial charge in [-0.15, -0.1) is 0 Å². The Morgan fingerprint density at radius 1 is 0.968 bits per heavy atom. The normalized spacial score (nSPS) is 11.0. The van der Waals surface area contributed by atoms with Gasteiger partial charge in [0, 0.05) is 23.2 Å². The average molecular weight is 410 g/mol. The molecule has 0 aliphatic rings. The quantitative estimate of drug-likeness (QED) is 0.322. The van der Waals surface area contributed by atoms with Gasteiger partial charge in [0.05, 0.1) is 16.0 Å². The maximum Gasteiger partial charge on any atom is 0.277 e. The first-order valence-corrected chi connectivity index (χ1v) is 9.40. The Hall–Kier alpha value is -4.59. The highest BCUT2D eigenvalue weighted by molar-refractivity contribution is 6.14. The molecule has 0 bridgehead atoms. The van der Waals surface area contributed by atoms with Crippen molar-refractivity contribution in [2.75, 3.05) is 5.32 Å². The number of carbonyl (C=O) groups excluding carboxylic acids is 1. The summed E-state index contributed by atoms with van der Waals surface area (Å²) >= 11 is 0. The fourth-order valence-electron chi connectivity index (χ4n) is 3.50. The lowest BCUT2D eigenvalue weighted by atomic mass is 10.0. The summed E-state index contributed by atoms with van der Waals surface area (Å²) < 4.78 is 5.90. The van der Waals surface area contributed by atoms with E-state index in [-0.39, 0.29) is 11.4 Å². The molecule has 3 aromatic carbocycles. The van der Waals surface area contributed by atoms with Gasteiger partial charge in [0.15, 0.2) is 5.58 Å². The number of para-hydroxylation sites is 2. The smallest absolute Gasteiger partial charge is 0.277 e. The van der Waals surface area contributed by atoms with E-state index in [2.05, 4.69) is 15.3 Å². The molecule has 150 valence electrons. The Labute approximate surface area is 175 Å². The molecule has 2 aromatic heterocycles. The van der Waals surface area contributed by atoms with Crippen LogP contribution < -0.4 is 5.32 Å². The van der Waals surface area contributed by atoms with Gasteiger partial charge in [-0.3, -0.25) is 19.9 Å². The molecule has 0 fully saturated rings. The zero-order valence-corrected chi connectivity index (χ0v) is 16.0. The molecule has 0 saturated carbocycles. The van der Waals surface area contributed by atoms with Crippen LogP contribution in [0.3, 0.4) is 0 Å². The molecule has 0 aliphatic carbocycles. The first kappa shape index (κ1) is 18.4. The minimum absolute atomic E-state index is 0.0798. The third-order valence-electron chi connectivity index (χ3n) is 4.88. The minimum Gasteiger partial charge on any atom is -0.436 e. The maximum atomic E-state index is 12.7. The lowest BCUT2D eigenvalue weighted by molar-refractivity contribution is -0.383. The Balaban J connectivity index is 1.73. The topological polar surface area (TPSA) is 111 Å². The number of hydrogen-bond acceptors (Lipinski definition) is 6. The summed E-state index contributed by atoms with van der Waals surface area (Å²) in [4.78, 5) is 32.5. The molecule has 0 aliphatic heterocycles. The number of nitrogens with zero attached hydrogens (tertiary/aromatic N) is 3. The third-order valence-corrected chi connectivity index (χ3v) is 4.88. The number of aromatic nitrogens is 2. The van der Waals surface area contributed by atoms with E-state index in [9.17, 15) is 14.9 Å². The van der Waals surface area contributed by atoms with E-state index in [1.54, 1.807) is 42.5 Å². The molecule has 8 nitrogen and oxygen atoms in total. The number of benzene rings is 3. The van der Waals surface area contributed by atoms with E-state index in [1.807, 2.05) is 18.2 Å². The average Bonchev–Trinajstić information content (AvgIpc) is 3.23. The van der Waals surface area contributed by atoms with Gasteiger partial charge in [-0.05, 0) is 42.5 Å². The molecule has 5 aromatic rings. The van der Waals surface area contributed by atoms with Gasteiger partial charge in [0.1, 0.15) is 11.2 Å². The SMILES string of the molecule is O=C(Nc1ccc([N+](=O)[O-])c2cccc(-c3nc4ccccc4o3)c12)c1ccccn1. The van der Waals surface area contributed by atoms with Crippen molar-refractivity contribution in [1.29, 1.82) is 0 Å². The fraction of sp³-hybridized carbons (Fsp3) is 0. The summed E-state index contributed by atoms with van der Waals surface area (Å²) in [6.45, 7) is 0. The van der Waals surface area contributed by atoms with Gasteiger partial charge in [0.25, 0.3) is 11.6 Å². The molecule has 8 heteroatoms. The van der Waals surface area contributed by atoms with Crippen molar-refractivity contribution in [3.05, 3.63) is 94.8 Å². The van der Waals surface area contributed by atoms with Crippen molar-refractivity contribution in [2.24, 2.45) is 0 Å². The Morgan fingerprint density at radius 2 is 1.81 bits per heavy atom. The standard InChI is InChI=1S/C23H14N4O4/c28-22(18-9-3-4-13-24-18)25-17-11-12-19(27(29)30)14-6-5-7-15(21(14)17)23-26-16-8-1-2-10-20(16)31-23/h1-13H,(H,25,28). The zero-order chi connectivity index (χ0) is 21.4. The molecule has 1 N–H and O–H groups in total. The monoisotopic (exact) mass is 410 g/mol. The Morgan fingerprint density at radius 3 is 2.58 bits per heavy atom. The van der Waals surface area contributed by atoms with E-state index in [0.29, 0.717) is 39.0 Å². The zero-order valence-electron chi connectivity index (χ0n) is 16.0. The van der Waals surface area contributed by atoms with Crippen LogP contribution in [0.4, 0.5) is 11.4 Å². The highest BCUT2D eigenvalue weighted by atomic mass is 16.6. The molecule has 1 amide bonds. The summed E-state index contributed by atoms with van der Waals surface area (Å²) in [6.07, 6.45) is 1.52. The van der Waals surface area contributed by atoms with Gasteiger partial charge < -0.3 is 9.73 Å². The van der Waals surface area contributed by atoms with Gasteiger partial charge in [-0.2, -0.15) is 0 Å². The maximum absolute atomic E-state index is 12.7. The molecule has 31 heavy (non-hydrogen) atoms. The summed E-state index contributed by atoms with van der Waals surface area (Å²) in [5, 5.41) is 15.3. The van der Waals surface area contributed by atoms with E-state index >= 15 is 0 Å². The summed E-state index contributed by atoms with van der Waals surface area (Å²) in [7, 11) is 0. The first-order valence-electron chi connectivity index (χ1n) is 9.40. The predicted octanol–water partition coefficient (Wildman–Crippen LogP) is 5.20. The van der Waals surface area contributed by atoms with Crippen molar-refractivity contribution < 1.29 is 14.1 Å². The third kappa shape index (κ3) is 3.25. The van der Waals surface area contributed by atoms with E-state index in [4.69, 9.17) is 4.42 Å². The number of pyridine rings is 1. The van der Waals surface area contributed by atoms with Crippen LogP contribution in [-0.2, 0) is 0 Å². The van der Waals surface area contributed by atoms with Crippen molar-refractivity contribution in [2.45, 2.75) is 0 Å². The van der Waals surface area contributed by atoms with Crippen LogP contribution in [0.25, 0.3) is 33.3 Å². The van der Waals surface area contributed by atoms with E-state index in [1.165, 1.54) is 18.3 Å². The molecule has 2 heterocycles. The van der Waals surface area contributed by atoms with Crippen LogP contribution >= 0.6 is 0 Å². The van der Waals surface area contributed by atoms with Crippen LogP contribution in [-0.4, -0.2) is 20.8 Å². The summed E-state index contributed by atoms with van der Waals surface area (Å²) in [5.41, 5.74) is 2.35. The number of hydrogen-bond donors (Lipinski definition) is 1. The lowest BCUT2D eigenvalue weighted by Crippen LogP contribution is -2.14. The second-order valence-electron chi connectivity index (χ2n) is 6.77. The largest absolute Gasteiger partial charge is 0.436 e. The van der Waals surface area contributed by atoms with Crippen molar-refractivity contribution in [3.63, 3.8) is 0 Å². The highest BCUT2D eigenvalue weighted by Crippen LogP contribution is 2.39. The molecule has 0 atom stereocenters. The van der Waals surface area contributed by atoms with Gasteiger partial charge >= 0.3 is 0 Å². The van der Waals surface area contributed by atoms with Crippen LogP contribution in [0.15, 0.2) is 83.4 Å². The molecular formula is C23H14N4O4. The van der Waals surface area contributed by atoms with Crippen LogP contribution in [0.2, 0.25) is 0 Å². The van der Waals surface area contributed by atoms with Crippen LogP contribution in [0.5, 0.6) is 0 Å². The number of carbonyl (C=O) groups is 1. The number of oxazole rings is 1. The van der Waals surface area contributed by atoms with E-state index < -0.39 is 10.8 Å². The molecule has 0 radical (unpaired) electrons. The second-order valence-corrected chi connectivity index (χ2v) is 6.77. The Kier molecular flexibility index (Phi) is 4.37. The summed E-state index contributed by atoms with van der Waals surface area (Å²) in [6, 6.07) is 20.3. The first-order chi connectivity index (χ1) is 15.1. The second kappa shape index (κ2) is 7.34. The van der Waals surface area contributed by atoms with Gasteiger partial charge in [0.2, 0.25) is 5.89 Å². The van der Waals surface area contributed by atoms with E-state index in [0.717, 1.165) is 0 Å². The highest BCUT2D eigenvalue weighted by Gasteiger charge is 2.21. The number of amides is 1. The number of nitro benzene ring substituents is 1. The van der Waals surface area contributed by atoms with Crippen molar-refractivity contribution in [1.82, 2.24) is 9.97 Å². The molecule has 0 unspecified atom stereocenters. The minimum atomic E-state index is -0.456. The number of anilines is 1. The number of non-ortho nitro benzene ring substituents is 1. The fourth-order valence-corrected chi connectivity index (χ4v) is 3.50. The predicted molar refractivity (Wildman–Crippen MR) is 116 cm³/mol. The van der Waals surface area contributed by atoms with Crippen LogP contribution in [0, 0.1) is 10.1 Å².